The molecular weight excluding hydrogens is 372 g/mol. The largest absolute Gasteiger partial charge is 0.494 e. The van der Waals surface area contributed by atoms with E-state index in [9.17, 15) is 4.79 Å². The number of halogens is 1. The zero-order valence-electron chi connectivity index (χ0n) is 17.2. The smallest absolute Gasteiger partial charge is 0.277 e. The van der Waals surface area contributed by atoms with Gasteiger partial charge in [-0.1, -0.05) is 17.7 Å². The second-order valence-corrected chi connectivity index (χ2v) is 5.97. The van der Waals surface area contributed by atoms with E-state index in [4.69, 9.17) is 20.5 Å². The fraction of sp³-hybridized carbons (Fsp3) is 0.188. The van der Waals surface area contributed by atoms with Crippen LogP contribution < -0.4 is 15.6 Å². The van der Waals surface area contributed by atoms with E-state index in [1.807, 2.05) is 0 Å². The average Bonchev–Trinajstić information content (AvgIpc) is 3.24. The van der Waals surface area contributed by atoms with Gasteiger partial charge in [0.25, 0.3) is 5.56 Å². The molecule has 0 aliphatic rings. The van der Waals surface area contributed by atoms with Gasteiger partial charge in [0.1, 0.15) is 10.5 Å². The number of nitrogens with one attached hydrogen (secondary N) is 2. The number of H-pyrrole nitrogens is 1. The molecule has 11 heteroatoms. The van der Waals surface area contributed by atoms with Crippen molar-refractivity contribution in [3.63, 3.8) is 0 Å². The number of aromatic amines is 1. The van der Waals surface area contributed by atoms with Crippen molar-refractivity contribution in [2.24, 2.45) is 14.0 Å². The fourth-order valence-corrected chi connectivity index (χ4v) is 2.94. The van der Waals surface area contributed by atoms with E-state index in [0.717, 1.165) is 0 Å². The summed E-state index contributed by atoms with van der Waals surface area (Å²) in [5.74, 6) is 0.751. The molecule has 3 aromatic heterocycles. The lowest BCUT2D eigenvalue weighted by atomic mass is 10.1. The van der Waals surface area contributed by atoms with Crippen LogP contribution in [-0.4, -0.2) is 42.1 Å². The highest BCUT2D eigenvalue weighted by atomic mass is 35.5. The van der Waals surface area contributed by atoms with Gasteiger partial charge < -0.3 is 10.1 Å². The molecule has 0 atom stereocenters. The van der Waals surface area contributed by atoms with Crippen molar-refractivity contribution in [2.45, 2.75) is 0 Å². The van der Waals surface area contributed by atoms with Crippen LogP contribution in [0.1, 0.15) is 4.11 Å². The number of nitrogens with zero attached hydrogens (tertiary/aromatic N) is 6. The third-order valence-corrected chi connectivity index (χ3v) is 4.05. The van der Waals surface area contributed by atoms with E-state index < -0.39 is 12.5 Å². The molecule has 0 aliphatic heterocycles. The number of benzene rings is 1. The van der Waals surface area contributed by atoms with Crippen molar-refractivity contribution >= 4 is 34.0 Å². The summed E-state index contributed by atoms with van der Waals surface area (Å²) in [4.78, 5) is 18.1. The van der Waals surface area contributed by atoms with Gasteiger partial charge in [0.05, 0.1) is 31.1 Å². The Balaban J connectivity index is 1.88. The first-order valence-electron chi connectivity index (χ1n) is 9.19. The number of fused-ring (bicyclic) bond motifs is 1. The number of hydrogen-bond acceptors (Lipinski definition) is 7. The molecule has 0 aliphatic carbocycles. The van der Waals surface area contributed by atoms with Gasteiger partial charge in [-0.15, -0.1) is 10.2 Å². The number of ether oxygens (including phenoxy) is 1. The fourth-order valence-electron chi connectivity index (χ4n) is 2.75. The molecule has 3 heterocycles. The number of methoxy groups -OCH3 is 1. The van der Waals surface area contributed by atoms with Crippen molar-refractivity contribution in [1.29, 1.82) is 0 Å². The van der Waals surface area contributed by atoms with Crippen LogP contribution in [0.2, 0.25) is 5.15 Å². The van der Waals surface area contributed by atoms with Gasteiger partial charge in [-0.2, -0.15) is 4.80 Å². The Bertz CT molecular complexity index is 1310. The second kappa shape index (κ2) is 6.40. The number of anilines is 2. The molecule has 0 spiro atoms. The number of tetrazole rings is 1. The summed E-state index contributed by atoms with van der Waals surface area (Å²) in [7, 11) is 3.12. The quantitative estimate of drug-likeness (QED) is 0.512. The Morgan fingerprint density at radius 3 is 2.93 bits per heavy atom. The monoisotopic (exact) mass is 389 g/mol. The van der Waals surface area contributed by atoms with Gasteiger partial charge in [0, 0.05) is 11.1 Å². The van der Waals surface area contributed by atoms with Crippen LogP contribution in [0.4, 0.5) is 11.4 Å². The second-order valence-electron chi connectivity index (χ2n) is 5.58. The van der Waals surface area contributed by atoms with Crippen LogP contribution in [0, 0.1) is 0 Å². The standard InChI is InChI=1S/C16H15ClN8O2/c1-24-16(26)12-10(7-11(17)19-15(12)21-24)18-9-6-4-5-8(13(9)27-3)14-20-23-25(2)22-14/h4-7H,1-3H3,(H2,18,19,21)/i1D3. The molecule has 0 bridgehead atoms. The Kier molecular flexibility index (Phi) is 3.26. The summed E-state index contributed by atoms with van der Waals surface area (Å²) in [6, 6.07) is 6.64. The molecule has 138 valence electrons. The minimum Gasteiger partial charge on any atom is -0.494 e. The summed E-state index contributed by atoms with van der Waals surface area (Å²) < 4.78 is 28.6. The average molecular weight is 390 g/mol. The highest BCUT2D eigenvalue weighted by Gasteiger charge is 2.18. The first-order chi connectivity index (χ1) is 14.2. The summed E-state index contributed by atoms with van der Waals surface area (Å²) in [6.45, 7) is -2.70. The number of pyridine rings is 1. The third kappa shape index (κ3) is 2.89. The molecule has 0 saturated heterocycles. The molecular formula is C16H15ClN8O2. The summed E-state index contributed by atoms with van der Waals surface area (Å²) in [6.07, 6.45) is 0. The molecule has 10 nitrogen and oxygen atoms in total. The van der Waals surface area contributed by atoms with Crippen LogP contribution in [-0.2, 0) is 14.0 Å². The predicted octanol–water partition coefficient (Wildman–Crippen LogP) is 1.86. The molecule has 0 fully saturated rings. The third-order valence-electron chi connectivity index (χ3n) is 3.86. The van der Waals surface area contributed by atoms with Gasteiger partial charge in [0.2, 0.25) is 5.82 Å². The Labute approximate surface area is 161 Å². The molecule has 2 N–H and O–H groups in total. The zero-order chi connectivity index (χ0) is 21.6. The Morgan fingerprint density at radius 2 is 2.22 bits per heavy atom. The number of rotatable bonds is 4. The molecule has 0 unspecified atom stereocenters. The molecule has 27 heavy (non-hydrogen) atoms. The molecule has 4 aromatic rings. The summed E-state index contributed by atoms with van der Waals surface area (Å²) >= 11 is 6.08. The maximum absolute atomic E-state index is 12.7. The lowest BCUT2D eigenvalue weighted by Gasteiger charge is -2.14. The van der Waals surface area contributed by atoms with Crippen LogP contribution in [0.25, 0.3) is 22.4 Å². The summed E-state index contributed by atoms with van der Waals surface area (Å²) in [5, 5.41) is 17.7. The highest BCUT2D eigenvalue weighted by molar-refractivity contribution is 6.30. The normalized spacial score (nSPS) is 13.2. The maximum Gasteiger partial charge on any atom is 0.277 e. The van der Waals surface area contributed by atoms with Crippen molar-refractivity contribution in [2.75, 3.05) is 12.4 Å². The predicted molar refractivity (Wildman–Crippen MR) is 100 cm³/mol. The topological polar surface area (TPSA) is 116 Å². The maximum atomic E-state index is 12.7. The number of aryl methyl sites for hydroxylation is 2. The highest BCUT2D eigenvalue weighted by Crippen LogP contribution is 2.37. The molecule has 4 rings (SSSR count). The van der Waals surface area contributed by atoms with E-state index in [1.54, 1.807) is 25.2 Å². The van der Waals surface area contributed by atoms with Crippen molar-refractivity contribution in [3.8, 4) is 17.1 Å². The van der Waals surface area contributed by atoms with E-state index in [1.165, 1.54) is 18.0 Å². The van der Waals surface area contributed by atoms with Crippen LogP contribution >= 0.6 is 11.6 Å². The Morgan fingerprint density at radius 1 is 1.37 bits per heavy atom. The molecule has 0 amide bonds. The van der Waals surface area contributed by atoms with E-state index in [-0.39, 0.29) is 21.9 Å². The zero-order valence-corrected chi connectivity index (χ0v) is 14.9. The lowest BCUT2D eigenvalue weighted by molar-refractivity contribution is 0.418. The molecule has 1 aromatic carbocycles. The van der Waals surface area contributed by atoms with Crippen LogP contribution in [0.15, 0.2) is 29.1 Å². The lowest BCUT2D eigenvalue weighted by Crippen LogP contribution is -2.12. The van der Waals surface area contributed by atoms with Crippen LogP contribution in [0.3, 0.4) is 0 Å². The van der Waals surface area contributed by atoms with E-state index in [0.29, 0.717) is 27.5 Å². The first kappa shape index (κ1) is 13.8. The summed E-state index contributed by atoms with van der Waals surface area (Å²) in [5.41, 5.74) is 0.587. The van der Waals surface area contributed by atoms with Gasteiger partial charge in [0.15, 0.2) is 11.4 Å². The first-order valence-corrected chi connectivity index (χ1v) is 8.07. The van der Waals surface area contributed by atoms with Gasteiger partial charge in [-0.3, -0.25) is 14.6 Å². The number of aromatic nitrogens is 7. The minimum atomic E-state index is -2.70. The molecule has 0 radical (unpaired) electrons. The SMILES string of the molecule is [2H]C([2H])([2H])n1[nH]c2nc(Cl)cc(Nc3cccc(-c4nnn(C)n4)c3OC)c2c1=O. The number of para-hydroxylation sites is 1. The minimum absolute atomic E-state index is 0.0387. The van der Waals surface area contributed by atoms with E-state index >= 15 is 0 Å². The van der Waals surface area contributed by atoms with Gasteiger partial charge in [-0.05, 0) is 23.4 Å². The van der Waals surface area contributed by atoms with Crippen molar-refractivity contribution < 1.29 is 8.85 Å². The van der Waals surface area contributed by atoms with Gasteiger partial charge in [-0.25, -0.2) is 4.98 Å². The Hall–Kier alpha value is -3.40. The van der Waals surface area contributed by atoms with E-state index in [2.05, 4.69) is 30.8 Å². The molecule has 0 saturated carbocycles. The van der Waals surface area contributed by atoms with Crippen LogP contribution in [0.5, 0.6) is 5.75 Å². The number of hydrogen-bond donors (Lipinski definition) is 2. The van der Waals surface area contributed by atoms with Gasteiger partial charge >= 0.3 is 0 Å². The van der Waals surface area contributed by atoms with Crippen molar-refractivity contribution in [1.82, 2.24) is 35.0 Å². The van der Waals surface area contributed by atoms with Crippen molar-refractivity contribution in [3.05, 3.63) is 39.8 Å².